The maximum Gasteiger partial charge on any atom is 0.326 e. The van der Waals surface area contributed by atoms with Crippen LogP contribution in [0.15, 0.2) is 41.7 Å². The molecule has 7 nitrogen and oxygen atoms in total. The number of aromatic amines is 1. The molecule has 3 heterocycles. The Hall–Kier alpha value is -2.41. The third kappa shape index (κ3) is 2.79. The first kappa shape index (κ1) is 14.2. The fourth-order valence-electron chi connectivity index (χ4n) is 3.43. The van der Waals surface area contributed by atoms with Crippen LogP contribution in [-0.2, 0) is 6.54 Å². The molecule has 0 amide bonds. The van der Waals surface area contributed by atoms with Crippen molar-refractivity contribution in [2.24, 2.45) is 0 Å². The van der Waals surface area contributed by atoms with Gasteiger partial charge < -0.3 is 9.88 Å². The van der Waals surface area contributed by atoms with Crippen molar-refractivity contribution in [1.82, 2.24) is 29.2 Å². The van der Waals surface area contributed by atoms with E-state index in [1.54, 1.807) is 12.7 Å². The van der Waals surface area contributed by atoms with Gasteiger partial charge in [-0.2, -0.15) is 5.10 Å². The predicted molar refractivity (Wildman–Crippen MR) is 87.3 cm³/mol. The number of imidazole rings is 1. The van der Waals surface area contributed by atoms with Crippen molar-refractivity contribution in [3.05, 3.63) is 47.4 Å². The van der Waals surface area contributed by atoms with Crippen LogP contribution in [0.3, 0.4) is 0 Å². The largest absolute Gasteiger partial charge is 0.326 e. The van der Waals surface area contributed by atoms with Crippen LogP contribution in [0.2, 0.25) is 0 Å². The Balaban J connectivity index is 1.42. The zero-order valence-electron chi connectivity index (χ0n) is 12.9. The number of rotatable bonds is 4. The molecule has 7 heteroatoms. The molecule has 0 atom stereocenters. The standard InChI is InChI=1S/C16H20N6O/c23-16-19-14-3-1-2-4-15(14)22(16)13-5-7-20(8-6-13)9-10-21-12-17-11-18-21/h1-4,11-13H,5-10H2,(H,19,23). The van der Waals surface area contributed by atoms with Gasteiger partial charge in [0.15, 0.2) is 0 Å². The van der Waals surface area contributed by atoms with E-state index >= 15 is 0 Å². The Morgan fingerprint density at radius 2 is 2.00 bits per heavy atom. The van der Waals surface area contributed by atoms with Gasteiger partial charge in [0.25, 0.3) is 0 Å². The van der Waals surface area contributed by atoms with Gasteiger partial charge in [0.1, 0.15) is 12.7 Å². The number of nitrogens with one attached hydrogen (secondary N) is 1. The van der Waals surface area contributed by atoms with Crippen LogP contribution in [0, 0.1) is 0 Å². The van der Waals surface area contributed by atoms with E-state index in [-0.39, 0.29) is 11.7 Å². The first-order valence-electron chi connectivity index (χ1n) is 8.05. The van der Waals surface area contributed by atoms with Crippen LogP contribution in [0.25, 0.3) is 11.0 Å². The molecule has 120 valence electrons. The molecule has 2 aromatic heterocycles. The quantitative estimate of drug-likeness (QED) is 0.787. The Labute approximate surface area is 133 Å². The maximum absolute atomic E-state index is 12.3. The number of fused-ring (bicyclic) bond motifs is 1. The molecule has 1 fully saturated rings. The first-order chi connectivity index (χ1) is 11.3. The van der Waals surface area contributed by atoms with Gasteiger partial charge in [0, 0.05) is 25.7 Å². The van der Waals surface area contributed by atoms with Gasteiger partial charge >= 0.3 is 5.69 Å². The van der Waals surface area contributed by atoms with Gasteiger partial charge in [0.05, 0.1) is 17.6 Å². The van der Waals surface area contributed by atoms with E-state index in [1.165, 1.54) is 0 Å². The maximum atomic E-state index is 12.3. The van der Waals surface area contributed by atoms with Gasteiger partial charge in [0.2, 0.25) is 0 Å². The summed E-state index contributed by atoms with van der Waals surface area (Å²) in [5, 5.41) is 4.13. The van der Waals surface area contributed by atoms with Crippen molar-refractivity contribution in [1.29, 1.82) is 0 Å². The van der Waals surface area contributed by atoms with E-state index in [4.69, 9.17) is 0 Å². The molecule has 0 spiro atoms. The highest BCUT2D eigenvalue weighted by atomic mass is 16.1. The number of piperidine rings is 1. The molecular formula is C16H20N6O. The Bertz CT molecular complexity index is 826. The second kappa shape index (κ2) is 6.00. The number of para-hydroxylation sites is 2. The van der Waals surface area contributed by atoms with Gasteiger partial charge in [-0.05, 0) is 25.0 Å². The number of nitrogens with zero attached hydrogens (tertiary/aromatic N) is 5. The summed E-state index contributed by atoms with van der Waals surface area (Å²) in [4.78, 5) is 21.6. The number of H-pyrrole nitrogens is 1. The fourth-order valence-corrected chi connectivity index (χ4v) is 3.43. The lowest BCUT2D eigenvalue weighted by molar-refractivity contribution is 0.179. The summed E-state index contributed by atoms with van der Waals surface area (Å²) in [5.41, 5.74) is 1.94. The van der Waals surface area contributed by atoms with Crippen molar-refractivity contribution in [2.75, 3.05) is 19.6 Å². The minimum atomic E-state index is 0.00673. The van der Waals surface area contributed by atoms with Crippen LogP contribution in [0.5, 0.6) is 0 Å². The van der Waals surface area contributed by atoms with Crippen LogP contribution in [0.4, 0.5) is 0 Å². The lowest BCUT2D eigenvalue weighted by atomic mass is 10.0. The molecule has 0 unspecified atom stereocenters. The molecule has 3 aromatic rings. The lowest BCUT2D eigenvalue weighted by Crippen LogP contribution is -2.38. The van der Waals surface area contributed by atoms with Gasteiger partial charge in [-0.15, -0.1) is 0 Å². The van der Waals surface area contributed by atoms with Crippen molar-refractivity contribution < 1.29 is 0 Å². The molecule has 0 radical (unpaired) electrons. The van der Waals surface area contributed by atoms with Gasteiger partial charge in [-0.1, -0.05) is 12.1 Å². The average molecular weight is 312 g/mol. The van der Waals surface area contributed by atoms with Crippen LogP contribution in [-0.4, -0.2) is 48.8 Å². The molecule has 1 aliphatic rings. The highest BCUT2D eigenvalue weighted by Gasteiger charge is 2.23. The molecule has 4 rings (SSSR count). The number of hydrogen-bond donors (Lipinski definition) is 1. The molecule has 0 aliphatic carbocycles. The summed E-state index contributed by atoms with van der Waals surface area (Å²) in [7, 11) is 0. The third-order valence-corrected chi connectivity index (χ3v) is 4.66. The van der Waals surface area contributed by atoms with Gasteiger partial charge in [-0.3, -0.25) is 9.25 Å². The number of aromatic nitrogens is 5. The van der Waals surface area contributed by atoms with Crippen molar-refractivity contribution in [2.45, 2.75) is 25.4 Å². The minimum Gasteiger partial charge on any atom is -0.306 e. The fraction of sp³-hybridized carbons (Fsp3) is 0.438. The van der Waals surface area contributed by atoms with Crippen molar-refractivity contribution in [3.63, 3.8) is 0 Å². The third-order valence-electron chi connectivity index (χ3n) is 4.66. The molecule has 23 heavy (non-hydrogen) atoms. The number of likely N-dealkylation sites (tertiary alicyclic amines) is 1. The van der Waals surface area contributed by atoms with Crippen molar-refractivity contribution in [3.8, 4) is 0 Å². The Morgan fingerprint density at radius 3 is 2.78 bits per heavy atom. The minimum absolute atomic E-state index is 0.00673. The van der Waals surface area contributed by atoms with E-state index in [2.05, 4.69) is 20.0 Å². The SMILES string of the molecule is O=c1[nH]c2ccccc2n1C1CCN(CCn2cncn2)CC1. The monoisotopic (exact) mass is 312 g/mol. The second-order valence-corrected chi connectivity index (χ2v) is 6.05. The summed E-state index contributed by atoms with van der Waals surface area (Å²) < 4.78 is 3.79. The molecule has 1 aromatic carbocycles. The predicted octanol–water partition coefficient (Wildman–Crippen LogP) is 1.26. The van der Waals surface area contributed by atoms with E-state index in [0.29, 0.717) is 0 Å². The zero-order valence-corrected chi connectivity index (χ0v) is 12.9. The van der Waals surface area contributed by atoms with Gasteiger partial charge in [-0.25, -0.2) is 9.78 Å². The topological polar surface area (TPSA) is 71.7 Å². The van der Waals surface area contributed by atoms with Crippen molar-refractivity contribution >= 4 is 11.0 Å². The van der Waals surface area contributed by atoms with E-state index in [1.807, 2.05) is 33.5 Å². The average Bonchev–Trinajstić information content (AvgIpc) is 3.20. The van der Waals surface area contributed by atoms with E-state index in [9.17, 15) is 4.79 Å². The van der Waals surface area contributed by atoms with Crippen LogP contribution < -0.4 is 5.69 Å². The summed E-state index contributed by atoms with van der Waals surface area (Å²) in [6.07, 6.45) is 5.31. The molecular weight excluding hydrogens is 292 g/mol. The Morgan fingerprint density at radius 1 is 1.17 bits per heavy atom. The summed E-state index contributed by atoms with van der Waals surface area (Å²) in [6, 6.07) is 8.20. The molecule has 1 aliphatic heterocycles. The molecule has 0 saturated carbocycles. The highest BCUT2D eigenvalue weighted by molar-refractivity contribution is 5.75. The highest BCUT2D eigenvalue weighted by Crippen LogP contribution is 2.24. The molecule has 1 saturated heterocycles. The molecule has 1 N–H and O–H groups in total. The summed E-state index contributed by atoms with van der Waals surface area (Å²) in [5.74, 6) is 0. The molecule has 0 bridgehead atoms. The normalized spacial score (nSPS) is 17.0. The smallest absolute Gasteiger partial charge is 0.306 e. The van der Waals surface area contributed by atoms with Crippen LogP contribution >= 0.6 is 0 Å². The Kier molecular flexibility index (Phi) is 3.70. The van der Waals surface area contributed by atoms with E-state index < -0.39 is 0 Å². The summed E-state index contributed by atoms with van der Waals surface area (Å²) >= 11 is 0. The number of benzene rings is 1. The van der Waals surface area contributed by atoms with Crippen LogP contribution in [0.1, 0.15) is 18.9 Å². The zero-order chi connectivity index (χ0) is 15.6. The lowest BCUT2D eigenvalue weighted by Gasteiger charge is -2.32. The summed E-state index contributed by atoms with van der Waals surface area (Å²) in [6.45, 7) is 3.84. The first-order valence-corrected chi connectivity index (χ1v) is 8.05. The number of hydrogen-bond acceptors (Lipinski definition) is 4. The second-order valence-electron chi connectivity index (χ2n) is 6.05. The van der Waals surface area contributed by atoms with E-state index in [0.717, 1.165) is 50.1 Å².